The highest BCUT2D eigenvalue weighted by molar-refractivity contribution is 7.10. The number of anilines is 2. The summed E-state index contributed by atoms with van der Waals surface area (Å²) in [6, 6.07) is 15.5. The second kappa shape index (κ2) is 9.66. The van der Waals surface area contributed by atoms with Crippen LogP contribution in [0.1, 0.15) is 15.2 Å². The van der Waals surface area contributed by atoms with Crippen LogP contribution in [0.4, 0.5) is 17.4 Å². The lowest BCUT2D eigenvalue weighted by molar-refractivity contribution is -0.384. The fourth-order valence-corrected chi connectivity index (χ4v) is 3.34. The molecule has 0 spiro atoms. The number of hydrogen-bond acceptors (Lipinski definition) is 8. The molecule has 2 N–H and O–H groups in total. The molecular weight excluding hydrogens is 446 g/mol. The van der Waals surface area contributed by atoms with Crippen LogP contribution in [0.25, 0.3) is 17.5 Å². The molecule has 2 amide bonds. The molecule has 0 aliphatic carbocycles. The Balaban J connectivity index is 1.35. The van der Waals surface area contributed by atoms with Gasteiger partial charge in [0, 0.05) is 39.9 Å². The second-order valence-corrected chi connectivity index (χ2v) is 7.57. The number of non-ortho nitro benzene ring substituents is 1. The zero-order valence-corrected chi connectivity index (χ0v) is 17.6. The smallest absolute Gasteiger partial charge is 0.322 e. The minimum absolute atomic E-state index is 0.0649. The zero-order valence-electron chi connectivity index (χ0n) is 16.8. The molecule has 0 saturated carbocycles. The van der Waals surface area contributed by atoms with E-state index in [1.54, 1.807) is 30.3 Å². The van der Waals surface area contributed by atoms with Crippen LogP contribution in [0.2, 0.25) is 0 Å². The van der Waals surface area contributed by atoms with Gasteiger partial charge in [0.25, 0.3) is 11.6 Å². The Morgan fingerprint density at radius 1 is 1.00 bits per heavy atom. The number of thiophene rings is 1. The predicted molar refractivity (Wildman–Crippen MR) is 123 cm³/mol. The van der Waals surface area contributed by atoms with Crippen molar-refractivity contribution in [2.75, 3.05) is 10.6 Å². The van der Waals surface area contributed by atoms with Gasteiger partial charge in [0.15, 0.2) is 0 Å². The van der Waals surface area contributed by atoms with E-state index >= 15 is 0 Å². The third-order valence-electron chi connectivity index (χ3n) is 4.33. The van der Waals surface area contributed by atoms with Gasteiger partial charge in [-0.2, -0.15) is 0 Å². The summed E-state index contributed by atoms with van der Waals surface area (Å²) >= 11 is 1.53. The van der Waals surface area contributed by atoms with Crippen LogP contribution in [0.5, 0.6) is 0 Å². The number of benzene rings is 2. The number of rotatable bonds is 7. The minimum Gasteiger partial charge on any atom is -0.403 e. The highest BCUT2D eigenvalue weighted by Gasteiger charge is 2.14. The van der Waals surface area contributed by atoms with E-state index in [4.69, 9.17) is 4.42 Å². The molecule has 0 atom stereocenters. The lowest BCUT2D eigenvalue weighted by Crippen LogP contribution is -2.12. The summed E-state index contributed by atoms with van der Waals surface area (Å²) in [5.74, 6) is -0.663. The first-order valence-electron chi connectivity index (χ1n) is 9.50. The molecule has 0 saturated heterocycles. The predicted octanol–water partition coefficient (Wildman–Crippen LogP) is 4.61. The third kappa shape index (κ3) is 5.54. The van der Waals surface area contributed by atoms with E-state index in [-0.39, 0.29) is 23.5 Å². The first kappa shape index (κ1) is 21.6. The molecule has 2 aromatic carbocycles. The molecule has 0 unspecified atom stereocenters. The molecule has 11 heteroatoms. The first-order valence-corrected chi connectivity index (χ1v) is 10.4. The fraction of sp³-hybridized carbons (Fsp3) is 0. The van der Waals surface area contributed by atoms with Gasteiger partial charge >= 0.3 is 6.01 Å². The van der Waals surface area contributed by atoms with Crippen LogP contribution in [0.15, 0.2) is 76.5 Å². The molecule has 4 rings (SSSR count). The lowest BCUT2D eigenvalue weighted by Gasteiger charge is -2.04. The molecule has 164 valence electrons. The van der Waals surface area contributed by atoms with Crippen molar-refractivity contribution in [2.24, 2.45) is 0 Å². The third-order valence-corrected chi connectivity index (χ3v) is 5.16. The largest absolute Gasteiger partial charge is 0.403 e. The van der Waals surface area contributed by atoms with E-state index in [0.717, 1.165) is 4.88 Å². The van der Waals surface area contributed by atoms with E-state index in [1.165, 1.54) is 41.7 Å². The molecular formula is C22H15N5O5S. The number of nitrogens with one attached hydrogen (secondary N) is 2. The summed E-state index contributed by atoms with van der Waals surface area (Å²) in [6.45, 7) is 0. The van der Waals surface area contributed by atoms with Crippen molar-refractivity contribution >= 4 is 46.6 Å². The van der Waals surface area contributed by atoms with Crippen LogP contribution in [0, 0.1) is 10.1 Å². The Labute approximate surface area is 190 Å². The Morgan fingerprint density at radius 2 is 1.76 bits per heavy atom. The van der Waals surface area contributed by atoms with Crippen molar-refractivity contribution in [3.8, 4) is 11.5 Å². The molecule has 0 aliphatic heterocycles. The number of amides is 2. The standard InChI is InChI=1S/C22H15N5O5S/c28-19(12-11-18-2-1-13-33-18)23-16-7-3-14(4-8-16)20(29)24-22-26-25-21(32-22)15-5-9-17(10-6-15)27(30)31/h1-13H,(H,23,28)(H,24,26,29)/b12-11+. The lowest BCUT2D eigenvalue weighted by atomic mass is 10.2. The van der Waals surface area contributed by atoms with Crippen LogP contribution < -0.4 is 10.6 Å². The quantitative estimate of drug-likeness (QED) is 0.233. The van der Waals surface area contributed by atoms with Crippen LogP contribution in [-0.4, -0.2) is 26.9 Å². The molecule has 4 aromatic rings. The molecule has 10 nitrogen and oxygen atoms in total. The van der Waals surface area contributed by atoms with E-state index in [0.29, 0.717) is 16.8 Å². The van der Waals surface area contributed by atoms with Crippen molar-refractivity contribution < 1.29 is 18.9 Å². The summed E-state index contributed by atoms with van der Waals surface area (Å²) in [4.78, 5) is 35.6. The maximum atomic E-state index is 12.4. The van der Waals surface area contributed by atoms with E-state index in [1.807, 2.05) is 17.5 Å². The van der Waals surface area contributed by atoms with Crippen molar-refractivity contribution in [1.29, 1.82) is 0 Å². The summed E-state index contributed by atoms with van der Waals surface area (Å²) in [7, 11) is 0. The SMILES string of the molecule is O=C(/C=C/c1cccs1)Nc1ccc(C(=O)Nc2nnc(-c3ccc([N+](=O)[O-])cc3)o2)cc1. The van der Waals surface area contributed by atoms with Gasteiger partial charge in [-0.1, -0.05) is 11.2 Å². The number of nitro groups is 1. The highest BCUT2D eigenvalue weighted by Crippen LogP contribution is 2.23. The van der Waals surface area contributed by atoms with Crippen molar-refractivity contribution in [3.05, 3.63) is 92.7 Å². The van der Waals surface area contributed by atoms with Crippen LogP contribution in [0.3, 0.4) is 0 Å². The summed E-state index contributed by atoms with van der Waals surface area (Å²) in [6.07, 6.45) is 3.15. The Morgan fingerprint density at radius 3 is 2.42 bits per heavy atom. The maximum absolute atomic E-state index is 12.4. The van der Waals surface area contributed by atoms with Gasteiger partial charge in [0.1, 0.15) is 0 Å². The molecule has 0 aliphatic rings. The number of nitrogens with zero attached hydrogens (tertiary/aromatic N) is 3. The van der Waals surface area contributed by atoms with E-state index < -0.39 is 10.8 Å². The Kier molecular flexibility index (Phi) is 6.32. The summed E-state index contributed by atoms with van der Waals surface area (Å²) in [5.41, 5.74) is 1.26. The summed E-state index contributed by atoms with van der Waals surface area (Å²) in [5, 5.41) is 25.5. The Bertz CT molecular complexity index is 1310. The van der Waals surface area contributed by atoms with Gasteiger partial charge in [-0.15, -0.1) is 16.4 Å². The van der Waals surface area contributed by atoms with Gasteiger partial charge < -0.3 is 9.73 Å². The van der Waals surface area contributed by atoms with E-state index in [2.05, 4.69) is 20.8 Å². The zero-order chi connectivity index (χ0) is 23.2. The maximum Gasteiger partial charge on any atom is 0.322 e. The van der Waals surface area contributed by atoms with Crippen LogP contribution in [-0.2, 0) is 4.79 Å². The average Bonchev–Trinajstić information content (AvgIpc) is 3.50. The Hall–Kier alpha value is -4.64. The molecule has 0 fully saturated rings. The topological polar surface area (TPSA) is 140 Å². The van der Waals surface area contributed by atoms with Crippen molar-refractivity contribution in [2.45, 2.75) is 0 Å². The first-order chi connectivity index (χ1) is 16.0. The minimum atomic E-state index is -0.512. The number of aromatic nitrogens is 2. The van der Waals surface area contributed by atoms with Crippen LogP contribution >= 0.6 is 11.3 Å². The molecule has 0 bridgehead atoms. The summed E-state index contributed by atoms with van der Waals surface area (Å²) < 4.78 is 5.41. The van der Waals surface area contributed by atoms with Crippen molar-refractivity contribution in [1.82, 2.24) is 10.2 Å². The normalized spacial score (nSPS) is 10.8. The number of hydrogen-bond donors (Lipinski definition) is 2. The number of carbonyl (C=O) groups excluding carboxylic acids is 2. The van der Waals surface area contributed by atoms with Gasteiger partial charge in [-0.25, -0.2) is 0 Å². The van der Waals surface area contributed by atoms with Gasteiger partial charge in [-0.3, -0.25) is 25.0 Å². The van der Waals surface area contributed by atoms with Gasteiger partial charge in [0.2, 0.25) is 11.8 Å². The molecule has 33 heavy (non-hydrogen) atoms. The monoisotopic (exact) mass is 461 g/mol. The number of carbonyl (C=O) groups is 2. The number of nitro benzene ring substituents is 1. The molecule has 0 radical (unpaired) electrons. The van der Waals surface area contributed by atoms with E-state index in [9.17, 15) is 19.7 Å². The highest BCUT2D eigenvalue weighted by atomic mass is 32.1. The average molecular weight is 461 g/mol. The second-order valence-electron chi connectivity index (χ2n) is 6.59. The fourth-order valence-electron chi connectivity index (χ4n) is 2.72. The molecule has 2 heterocycles. The van der Waals surface area contributed by atoms with Crippen molar-refractivity contribution in [3.63, 3.8) is 0 Å². The molecule has 2 aromatic heterocycles. The van der Waals surface area contributed by atoms with Gasteiger partial charge in [0.05, 0.1) is 4.92 Å². The van der Waals surface area contributed by atoms with Gasteiger partial charge in [-0.05, 0) is 53.9 Å².